The smallest absolute Gasteiger partial charge is 0.272 e. The molecule has 2 aromatic heterocycles. The van der Waals surface area contributed by atoms with E-state index in [0.717, 1.165) is 31.2 Å². The van der Waals surface area contributed by atoms with Gasteiger partial charge in [-0.2, -0.15) is 0 Å². The second-order valence-electron chi connectivity index (χ2n) is 9.96. The Labute approximate surface area is 260 Å². The van der Waals surface area contributed by atoms with Crippen LogP contribution in [0, 0.1) is 0 Å². The van der Waals surface area contributed by atoms with Crippen LogP contribution in [0.3, 0.4) is 0 Å². The van der Waals surface area contributed by atoms with Crippen LogP contribution in [0.15, 0.2) is 69.9 Å². The Hall–Kier alpha value is -3.83. The van der Waals surface area contributed by atoms with Gasteiger partial charge in [-0.15, -0.1) is 11.3 Å². The van der Waals surface area contributed by atoms with E-state index in [1.165, 1.54) is 28.7 Å². The van der Waals surface area contributed by atoms with Gasteiger partial charge in [0, 0.05) is 26.1 Å². The van der Waals surface area contributed by atoms with Crippen LogP contribution in [0.1, 0.15) is 36.8 Å². The number of methoxy groups -OCH3 is 2. The molecule has 0 fully saturated rings. The standard InChI is InChI=1S/C32H38N4O5S2/c1-40-26-13-12-24(21-27(26)41-2)15-18-34-29(38)22-43-32-35-25-16-20-42-30(25)31(39)36(32)19-8-4-7-11-28(37)33-17-14-23-9-5-3-6-10-23/h3,5-6,9-10,12-13,16,20-21H,4,7-8,11,14-15,17-19,22H2,1-2H3,(H,33,37)(H,34,38). The van der Waals surface area contributed by atoms with Gasteiger partial charge in [-0.25, -0.2) is 4.98 Å². The zero-order valence-electron chi connectivity index (χ0n) is 24.6. The molecule has 9 nitrogen and oxygen atoms in total. The van der Waals surface area contributed by atoms with Crippen LogP contribution in [0.2, 0.25) is 0 Å². The molecule has 0 spiro atoms. The number of thioether (sulfide) groups is 1. The van der Waals surface area contributed by atoms with Gasteiger partial charge in [0.25, 0.3) is 5.56 Å². The van der Waals surface area contributed by atoms with E-state index in [4.69, 9.17) is 9.47 Å². The number of nitrogens with zero attached hydrogens (tertiary/aromatic N) is 2. The Morgan fingerprint density at radius 3 is 2.40 bits per heavy atom. The van der Waals surface area contributed by atoms with Gasteiger partial charge in [-0.3, -0.25) is 19.0 Å². The first-order valence-corrected chi connectivity index (χ1v) is 16.2. The van der Waals surface area contributed by atoms with Crippen LogP contribution < -0.4 is 25.7 Å². The Balaban J connectivity index is 1.23. The summed E-state index contributed by atoms with van der Waals surface area (Å²) in [7, 11) is 3.19. The first-order chi connectivity index (χ1) is 21.0. The predicted molar refractivity (Wildman–Crippen MR) is 172 cm³/mol. The third kappa shape index (κ3) is 9.59. The summed E-state index contributed by atoms with van der Waals surface area (Å²) in [5, 5.41) is 8.31. The number of unbranched alkanes of at least 4 members (excludes halogenated alkanes) is 2. The predicted octanol–water partition coefficient (Wildman–Crippen LogP) is 4.85. The molecular weight excluding hydrogens is 585 g/mol. The molecule has 0 unspecified atom stereocenters. The van der Waals surface area contributed by atoms with Crippen LogP contribution in [-0.2, 0) is 29.0 Å². The maximum atomic E-state index is 13.2. The van der Waals surface area contributed by atoms with E-state index in [-0.39, 0.29) is 23.1 Å². The summed E-state index contributed by atoms with van der Waals surface area (Å²) in [4.78, 5) is 42.8. The summed E-state index contributed by atoms with van der Waals surface area (Å²) >= 11 is 2.64. The second-order valence-corrected chi connectivity index (χ2v) is 11.8. The van der Waals surface area contributed by atoms with E-state index in [9.17, 15) is 14.4 Å². The molecule has 11 heteroatoms. The van der Waals surface area contributed by atoms with Gasteiger partial charge in [0.2, 0.25) is 11.8 Å². The van der Waals surface area contributed by atoms with Crippen molar-refractivity contribution in [2.24, 2.45) is 0 Å². The minimum atomic E-state index is -0.130. The molecule has 0 aliphatic rings. The third-order valence-electron chi connectivity index (χ3n) is 6.91. The highest BCUT2D eigenvalue weighted by Gasteiger charge is 2.14. The topological polar surface area (TPSA) is 112 Å². The lowest BCUT2D eigenvalue weighted by Crippen LogP contribution is -2.28. The molecule has 2 heterocycles. The minimum Gasteiger partial charge on any atom is -0.493 e. The largest absolute Gasteiger partial charge is 0.493 e. The Morgan fingerprint density at radius 1 is 0.884 bits per heavy atom. The average molecular weight is 623 g/mol. The molecule has 0 saturated heterocycles. The highest BCUT2D eigenvalue weighted by molar-refractivity contribution is 7.99. The van der Waals surface area contributed by atoms with Crippen molar-refractivity contribution in [2.45, 2.75) is 50.2 Å². The molecule has 0 aliphatic carbocycles. The van der Waals surface area contributed by atoms with Crippen molar-refractivity contribution in [3.63, 3.8) is 0 Å². The fourth-order valence-corrected chi connectivity index (χ4v) is 6.24. The summed E-state index contributed by atoms with van der Waals surface area (Å²) in [5.41, 5.74) is 2.78. The van der Waals surface area contributed by atoms with Crippen molar-refractivity contribution in [3.8, 4) is 11.5 Å². The number of amides is 2. The van der Waals surface area contributed by atoms with Crippen molar-refractivity contribution in [2.75, 3.05) is 33.1 Å². The number of nitrogens with one attached hydrogen (secondary N) is 2. The summed E-state index contributed by atoms with van der Waals surface area (Å²) in [6, 6.07) is 17.6. The Bertz CT molecular complexity index is 1550. The quantitative estimate of drug-likeness (QED) is 0.0985. The molecule has 0 bridgehead atoms. The van der Waals surface area contributed by atoms with Crippen molar-refractivity contribution in [1.29, 1.82) is 0 Å². The molecule has 0 aliphatic heterocycles. The van der Waals surface area contributed by atoms with Gasteiger partial charge in [-0.05, 0) is 60.4 Å². The van der Waals surface area contributed by atoms with Gasteiger partial charge in [0.05, 0.1) is 25.5 Å². The zero-order chi connectivity index (χ0) is 30.4. The van der Waals surface area contributed by atoms with E-state index in [0.29, 0.717) is 59.3 Å². The molecule has 0 atom stereocenters. The van der Waals surface area contributed by atoms with Gasteiger partial charge in [-0.1, -0.05) is 54.6 Å². The number of hydrogen-bond donors (Lipinski definition) is 2. The highest BCUT2D eigenvalue weighted by atomic mass is 32.2. The molecular formula is C32H38N4O5S2. The van der Waals surface area contributed by atoms with Crippen molar-refractivity contribution >= 4 is 45.1 Å². The summed E-state index contributed by atoms with van der Waals surface area (Å²) in [6.07, 6.45) is 4.20. The second kappa shape index (κ2) is 16.7. The van der Waals surface area contributed by atoms with Crippen LogP contribution in [0.5, 0.6) is 11.5 Å². The number of hydrogen-bond acceptors (Lipinski definition) is 8. The fourth-order valence-electron chi connectivity index (χ4n) is 4.61. The maximum absolute atomic E-state index is 13.2. The lowest BCUT2D eigenvalue weighted by atomic mass is 10.1. The van der Waals surface area contributed by atoms with E-state index in [2.05, 4.69) is 27.8 Å². The molecule has 0 saturated carbocycles. The first kappa shape index (κ1) is 32.1. The number of fused-ring (bicyclic) bond motifs is 1. The van der Waals surface area contributed by atoms with E-state index >= 15 is 0 Å². The summed E-state index contributed by atoms with van der Waals surface area (Å²) in [5.74, 6) is 1.37. The molecule has 43 heavy (non-hydrogen) atoms. The van der Waals surface area contributed by atoms with Gasteiger partial charge in [0.1, 0.15) is 4.70 Å². The number of carbonyl (C=O) groups is 2. The zero-order valence-corrected chi connectivity index (χ0v) is 26.2. The molecule has 2 amide bonds. The molecule has 4 rings (SSSR count). The van der Waals surface area contributed by atoms with Gasteiger partial charge < -0.3 is 20.1 Å². The number of aromatic nitrogens is 2. The van der Waals surface area contributed by atoms with Crippen LogP contribution >= 0.6 is 23.1 Å². The van der Waals surface area contributed by atoms with Crippen molar-refractivity contribution in [1.82, 2.24) is 20.2 Å². The van der Waals surface area contributed by atoms with Crippen molar-refractivity contribution in [3.05, 3.63) is 81.5 Å². The number of ether oxygens (including phenoxy) is 2. The lowest BCUT2D eigenvalue weighted by molar-refractivity contribution is -0.121. The maximum Gasteiger partial charge on any atom is 0.272 e. The van der Waals surface area contributed by atoms with Crippen LogP contribution in [0.4, 0.5) is 0 Å². The summed E-state index contributed by atoms with van der Waals surface area (Å²) < 4.78 is 12.9. The number of rotatable bonds is 17. The Morgan fingerprint density at radius 2 is 1.63 bits per heavy atom. The lowest BCUT2D eigenvalue weighted by Gasteiger charge is -2.12. The number of carbonyl (C=O) groups excluding carboxylic acids is 2. The van der Waals surface area contributed by atoms with Gasteiger partial charge >= 0.3 is 0 Å². The van der Waals surface area contributed by atoms with E-state index < -0.39 is 0 Å². The SMILES string of the molecule is COc1ccc(CCNC(=O)CSc2nc3ccsc3c(=O)n2CCCCCC(=O)NCCc2ccccc2)cc1OC. The monoisotopic (exact) mass is 622 g/mol. The van der Waals surface area contributed by atoms with Crippen LogP contribution in [-0.4, -0.2) is 54.4 Å². The normalized spacial score (nSPS) is 10.9. The highest BCUT2D eigenvalue weighted by Crippen LogP contribution is 2.27. The van der Waals surface area contributed by atoms with E-state index in [1.54, 1.807) is 18.8 Å². The Kier molecular flexibility index (Phi) is 12.5. The van der Waals surface area contributed by atoms with Gasteiger partial charge in [0.15, 0.2) is 16.7 Å². The molecule has 228 valence electrons. The average Bonchev–Trinajstić information content (AvgIpc) is 3.50. The summed E-state index contributed by atoms with van der Waals surface area (Å²) in [6.45, 7) is 1.58. The van der Waals surface area contributed by atoms with Crippen LogP contribution in [0.25, 0.3) is 10.2 Å². The number of thiophene rings is 1. The molecule has 0 radical (unpaired) electrons. The molecule has 4 aromatic rings. The minimum absolute atomic E-state index is 0.0446. The molecule has 2 N–H and O–H groups in total. The van der Waals surface area contributed by atoms with E-state index in [1.807, 2.05) is 47.8 Å². The first-order valence-electron chi connectivity index (χ1n) is 14.4. The molecule has 2 aromatic carbocycles. The van der Waals surface area contributed by atoms with Crippen molar-refractivity contribution < 1.29 is 19.1 Å². The number of benzene rings is 2. The third-order valence-corrected chi connectivity index (χ3v) is 8.78. The fraction of sp³-hybridized carbons (Fsp3) is 0.375.